The SMILES string of the molecule is CCOc1cccc(C(=O)Nc2ccn(Cc3ccccn3)n2)c1. The highest BCUT2D eigenvalue weighted by molar-refractivity contribution is 6.03. The summed E-state index contributed by atoms with van der Waals surface area (Å²) >= 11 is 0. The molecule has 0 aliphatic rings. The van der Waals surface area contributed by atoms with Crippen LogP contribution in [0.15, 0.2) is 60.9 Å². The molecule has 122 valence electrons. The molecule has 2 aromatic heterocycles. The van der Waals surface area contributed by atoms with Gasteiger partial charge in [0.05, 0.1) is 18.8 Å². The lowest BCUT2D eigenvalue weighted by Gasteiger charge is -2.06. The minimum atomic E-state index is -0.223. The number of anilines is 1. The number of rotatable bonds is 6. The summed E-state index contributed by atoms with van der Waals surface area (Å²) in [7, 11) is 0. The van der Waals surface area contributed by atoms with E-state index in [1.807, 2.05) is 31.2 Å². The summed E-state index contributed by atoms with van der Waals surface area (Å²) in [5.41, 5.74) is 1.43. The van der Waals surface area contributed by atoms with Crippen molar-refractivity contribution in [3.05, 3.63) is 72.2 Å². The number of carbonyl (C=O) groups excluding carboxylic acids is 1. The second-order valence-electron chi connectivity index (χ2n) is 5.13. The molecule has 0 aliphatic heterocycles. The highest BCUT2D eigenvalue weighted by atomic mass is 16.5. The fraction of sp³-hybridized carbons (Fsp3) is 0.167. The number of aromatic nitrogens is 3. The van der Waals surface area contributed by atoms with Crippen LogP contribution < -0.4 is 10.1 Å². The first-order valence-electron chi connectivity index (χ1n) is 7.72. The van der Waals surface area contributed by atoms with Crippen LogP contribution >= 0.6 is 0 Å². The smallest absolute Gasteiger partial charge is 0.256 e. The lowest BCUT2D eigenvalue weighted by atomic mass is 10.2. The van der Waals surface area contributed by atoms with Gasteiger partial charge in [0.15, 0.2) is 5.82 Å². The van der Waals surface area contributed by atoms with Crippen LogP contribution in [0.5, 0.6) is 5.75 Å². The number of benzene rings is 1. The quantitative estimate of drug-likeness (QED) is 0.757. The van der Waals surface area contributed by atoms with Gasteiger partial charge in [-0.2, -0.15) is 5.10 Å². The third-order valence-electron chi connectivity index (χ3n) is 3.34. The first-order chi connectivity index (χ1) is 11.7. The zero-order chi connectivity index (χ0) is 16.8. The summed E-state index contributed by atoms with van der Waals surface area (Å²) in [5.74, 6) is 0.947. The van der Waals surface area contributed by atoms with Crippen molar-refractivity contribution in [3.8, 4) is 5.75 Å². The summed E-state index contributed by atoms with van der Waals surface area (Å²) in [6.07, 6.45) is 3.55. The van der Waals surface area contributed by atoms with Crippen LogP contribution in [0.3, 0.4) is 0 Å². The van der Waals surface area contributed by atoms with Crippen molar-refractivity contribution in [2.24, 2.45) is 0 Å². The van der Waals surface area contributed by atoms with E-state index in [9.17, 15) is 4.79 Å². The molecule has 2 heterocycles. The van der Waals surface area contributed by atoms with Gasteiger partial charge in [-0.25, -0.2) is 0 Å². The van der Waals surface area contributed by atoms with Crippen LogP contribution in [0.4, 0.5) is 5.82 Å². The lowest BCUT2D eigenvalue weighted by Crippen LogP contribution is -2.13. The molecule has 0 atom stereocenters. The van der Waals surface area contributed by atoms with E-state index in [0.717, 1.165) is 5.69 Å². The van der Waals surface area contributed by atoms with E-state index < -0.39 is 0 Å². The maximum Gasteiger partial charge on any atom is 0.256 e. The molecule has 0 radical (unpaired) electrons. The van der Waals surface area contributed by atoms with Crippen molar-refractivity contribution in [3.63, 3.8) is 0 Å². The standard InChI is InChI=1S/C18H18N4O2/c1-2-24-16-8-5-6-14(12-16)18(23)20-17-9-11-22(21-17)13-15-7-3-4-10-19-15/h3-12H,2,13H2,1H3,(H,20,21,23). The molecular formula is C18H18N4O2. The summed E-state index contributed by atoms with van der Waals surface area (Å²) in [6.45, 7) is 3.01. The van der Waals surface area contributed by atoms with Crippen LogP contribution in [0.2, 0.25) is 0 Å². The maximum atomic E-state index is 12.3. The number of nitrogens with one attached hydrogen (secondary N) is 1. The molecule has 0 bridgehead atoms. The molecule has 0 saturated heterocycles. The molecule has 1 N–H and O–H groups in total. The number of pyridine rings is 1. The number of amides is 1. The Labute approximate surface area is 140 Å². The Bertz CT molecular complexity index is 815. The van der Waals surface area contributed by atoms with Gasteiger partial charge in [-0.3, -0.25) is 14.5 Å². The normalized spacial score (nSPS) is 10.4. The van der Waals surface area contributed by atoms with Crippen LogP contribution in [-0.4, -0.2) is 27.3 Å². The Balaban J connectivity index is 1.66. The van der Waals surface area contributed by atoms with Crippen LogP contribution in [0.1, 0.15) is 23.0 Å². The predicted molar refractivity (Wildman–Crippen MR) is 91.1 cm³/mol. The molecule has 0 fully saturated rings. The van der Waals surface area contributed by atoms with Crippen molar-refractivity contribution in [1.29, 1.82) is 0 Å². The van der Waals surface area contributed by atoms with Crippen molar-refractivity contribution in [2.75, 3.05) is 11.9 Å². The van der Waals surface area contributed by atoms with Gasteiger partial charge in [0, 0.05) is 24.0 Å². The van der Waals surface area contributed by atoms with Crippen molar-refractivity contribution >= 4 is 11.7 Å². The zero-order valence-electron chi connectivity index (χ0n) is 13.3. The topological polar surface area (TPSA) is 69.0 Å². The predicted octanol–water partition coefficient (Wildman–Crippen LogP) is 2.98. The van der Waals surface area contributed by atoms with Gasteiger partial charge < -0.3 is 10.1 Å². The summed E-state index contributed by atoms with van der Waals surface area (Å²) in [4.78, 5) is 16.6. The average molecular weight is 322 g/mol. The number of hydrogen-bond donors (Lipinski definition) is 1. The molecule has 3 aromatic rings. The number of hydrogen-bond acceptors (Lipinski definition) is 4. The van der Waals surface area contributed by atoms with E-state index in [2.05, 4.69) is 15.4 Å². The number of nitrogens with zero attached hydrogens (tertiary/aromatic N) is 3. The Morgan fingerprint density at radius 2 is 2.12 bits per heavy atom. The molecule has 6 heteroatoms. The Hall–Kier alpha value is -3.15. The van der Waals surface area contributed by atoms with Crippen molar-refractivity contribution in [1.82, 2.24) is 14.8 Å². The van der Waals surface area contributed by atoms with Gasteiger partial charge in [-0.15, -0.1) is 0 Å². The minimum absolute atomic E-state index is 0.223. The fourth-order valence-electron chi connectivity index (χ4n) is 2.26. The molecule has 0 spiro atoms. The van der Waals surface area contributed by atoms with E-state index in [0.29, 0.717) is 30.3 Å². The molecule has 24 heavy (non-hydrogen) atoms. The largest absolute Gasteiger partial charge is 0.494 e. The van der Waals surface area contributed by atoms with Crippen LogP contribution in [0, 0.1) is 0 Å². The van der Waals surface area contributed by atoms with E-state index in [1.165, 1.54) is 0 Å². The van der Waals surface area contributed by atoms with Gasteiger partial charge in [-0.05, 0) is 37.3 Å². The van der Waals surface area contributed by atoms with Crippen LogP contribution in [-0.2, 0) is 6.54 Å². The second kappa shape index (κ2) is 7.41. The summed E-state index contributed by atoms with van der Waals surface area (Å²) < 4.78 is 7.14. The highest BCUT2D eigenvalue weighted by Gasteiger charge is 2.09. The molecule has 1 aromatic carbocycles. The third-order valence-corrected chi connectivity index (χ3v) is 3.34. The summed E-state index contributed by atoms with van der Waals surface area (Å²) in [6, 6.07) is 14.6. The molecule has 0 unspecified atom stereocenters. The van der Waals surface area contributed by atoms with Crippen molar-refractivity contribution in [2.45, 2.75) is 13.5 Å². The monoisotopic (exact) mass is 322 g/mol. The Morgan fingerprint density at radius 3 is 2.92 bits per heavy atom. The second-order valence-corrected chi connectivity index (χ2v) is 5.13. The van der Waals surface area contributed by atoms with E-state index in [-0.39, 0.29) is 5.91 Å². The average Bonchev–Trinajstić information content (AvgIpc) is 3.03. The minimum Gasteiger partial charge on any atom is -0.494 e. The van der Waals surface area contributed by atoms with Gasteiger partial charge >= 0.3 is 0 Å². The van der Waals surface area contributed by atoms with Crippen LogP contribution in [0.25, 0.3) is 0 Å². The Kier molecular flexibility index (Phi) is 4.86. The number of ether oxygens (including phenoxy) is 1. The van der Waals surface area contributed by atoms with Gasteiger partial charge in [0.1, 0.15) is 5.75 Å². The molecule has 0 aliphatic carbocycles. The lowest BCUT2D eigenvalue weighted by molar-refractivity contribution is 0.102. The van der Waals surface area contributed by atoms with Gasteiger partial charge in [-0.1, -0.05) is 12.1 Å². The zero-order valence-corrected chi connectivity index (χ0v) is 13.3. The molecule has 6 nitrogen and oxygen atoms in total. The maximum absolute atomic E-state index is 12.3. The van der Waals surface area contributed by atoms with Gasteiger partial charge in [0.2, 0.25) is 0 Å². The molecule has 3 rings (SSSR count). The highest BCUT2D eigenvalue weighted by Crippen LogP contribution is 2.15. The first-order valence-corrected chi connectivity index (χ1v) is 7.72. The summed E-state index contributed by atoms with van der Waals surface area (Å²) in [5, 5.41) is 7.13. The fourth-order valence-corrected chi connectivity index (χ4v) is 2.26. The Morgan fingerprint density at radius 1 is 1.21 bits per heavy atom. The molecule has 0 saturated carbocycles. The van der Waals surface area contributed by atoms with Gasteiger partial charge in [0.25, 0.3) is 5.91 Å². The van der Waals surface area contributed by atoms with Crippen molar-refractivity contribution < 1.29 is 9.53 Å². The molecule has 1 amide bonds. The number of carbonyl (C=O) groups is 1. The third kappa shape index (κ3) is 3.98. The molecular weight excluding hydrogens is 304 g/mol. The van der Waals surface area contributed by atoms with E-state index in [4.69, 9.17) is 4.74 Å². The first kappa shape index (κ1) is 15.7. The van der Waals surface area contributed by atoms with E-state index >= 15 is 0 Å². The van der Waals surface area contributed by atoms with E-state index in [1.54, 1.807) is 41.3 Å².